The number of likely N-dealkylation sites (tertiary alicyclic amines) is 1. The van der Waals surface area contributed by atoms with Crippen LogP contribution in [0.1, 0.15) is 24.8 Å². The summed E-state index contributed by atoms with van der Waals surface area (Å²) in [4.78, 5) is 21.5. The molecule has 0 saturated carbocycles. The van der Waals surface area contributed by atoms with Crippen molar-refractivity contribution in [3.8, 4) is 0 Å². The fraction of sp³-hybridized carbons (Fsp3) is 0.471. The summed E-state index contributed by atoms with van der Waals surface area (Å²) < 4.78 is 0. The topological polar surface area (TPSA) is 66.3 Å². The third-order valence-corrected chi connectivity index (χ3v) is 4.44. The Morgan fingerprint density at radius 2 is 2.18 bits per heavy atom. The van der Waals surface area contributed by atoms with Crippen molar-refractivity contribution in [1.29, 1.82) is 0 Å². The van der Waals surface area contributed by atoms with Gasteiger partial charge < -0.3 is 5.11 Å². The van der Waals surface area contributed by atoms with E-state index in [0.717, 1.165) is 49.7 Å². The van der Waals surface area contributed by atoms with Crippen molar-refractivity contribution in [2.45, 2.75) is 25.7 Å². The molecule has 0 bridgehead atoms. The van der Waals surface area contributed by atoms with E-state index in [9.17, 15) is 4.79 Å². The predicted octanol–water partition coefficient (Wildman–Crippen LogP) is 2.36. The Kier molecular flexibility index (Phi) is 4.63. The van der Waals surface area contributed by atoms with Crippen LogP contribution >= 0.6 is 0 Å². The normalized spacial score (nSPS) is 19.9. The van der Waals surface area contributed by atoms with Gasteiger partial charge in [0.15, 0.2) is 0 Å². The summed E-state index contributed by atoms with van der Waals surface area (Å²) in [6.07, 6.45) is 9.83. The third-order valence-electron chi connectivity index (χ3n) is 4.44. The fourth-order valence-electron chi connectivity index (χ4n) is 3.31. The highest BCUT2D eigenvalue weighted by molar-refractivity contribution is 5.80. The number of carbonyl (C=O) groups is 1. The maximum atomic E-state index is 10.8. The predicted molar refractivity (Wildman–Crippen MR) is 84.7 cm³/mol. The lowest BCUT2D eigenvalue weighted by atomic mass is 9.92. The van der Waals surface area contributed by atoms with Crippen LogP contribution in [0.15, 0.2) is 30.7 Å². The van der Waals surface area contributed by atoms with Gasteiger partial charge >= 0.3 is 5.97 Å². The molecule has 1 fully saturated rings. The molecule has 1 aliphatic heterocycles. The molecule has 5 nitrogen and oxygen atoms in total. The lowest BCUT2D eigenvalue weighted by Gasteiger charge is -2.18. The number of aromatic nitrogens is 2. The van der Waals surface area contributed by atoms with E-state index in [1.807, 2.05) is 18.5 Å². The second-order valence-electron chi connectivity index (χ2n) is 6.03. The molecule has 5 heteroatoms. The molecule has 3 rings (SSSR count). The molecule has 2 aromatic heterocycles. The van der Waals surface area contributed by atoms with Gasteiger partial charge in [-0.2, -0.15) is 0 Å². The fourth-order valence-corrected chi connectivity index (χ4v) is 3.31. The number of pyridine rings is 2. The Bertz CT molecular complexity index is 654. The van der Waals surface area contributed by atoms with Gasteiger partial charge in [0, 0.05) is 24.0 Å². The van der Waals surface area contributed by atoms with E-state index in [0.29, 0.717) is 5.92 Å². The Morgan fingerprint density at radius 1 is 1.27 bits per heavy atom. The smallest absolute Gasteiger partial charge is 0.317 e. The first-order valence-electron chi connectivity index (χ1n) is 7.84. The molecular weight excluding hydrogens is 278 g/mol. The summed E-state index contributed by atoms with van der Waals surface area (Å²) in [5.41, 5.74) is 2.29. The van der Waals surface area contributed by atoms with Gasteiger partial charge in [0.05, 0.1) is 12.1 Å². The minimum absolute atomic E-state index is 0.162. The first-order chi connectivity index (χ1) is 10.7. The number of aliphatic carboxylic acids is 1. The lowest BCUT2D eigenvalue weighted by Crippen LogP contribution is -2.30. The van der Waals surface area contributed by atoms with Gasteiger partial charge in [0.25, 0.3) is 0 Å². The number of fused-ring (bicyclic) bond motifs is 1. The Labute approximate surface area is 130 Å². The summed E-state index contributed by atoms with van der Waals surface area (Å²) in [7, 11) is 0. The molecule has 1 N–H and O–H groups in total. The maximum Gasteiger partial charge on any atom is 0.317 e. The SMILES string of the molecule is O=C(O)CN1CCC[C@@H](Cc2ccnc3ccncc23)CC1. The number of rotatable bonds is 4. The molecule has 0 aromatic carbocycles. The summed E-state index contributed by atoms with van der Waals surface area (Å²) in [6, 6.07) is 4.03. The van der Waals surface area contributed by atoms with E-state index in [2.05, 4.69) is 20.9 Å². The second-order valence-corrected chi connectivity index (χ2v) is 6.03. The van der Waals surface area contributed by atoms with Crippen LogP contribution in [0.25, 0.3) is 10.9 Å². The summed E-state index contributed by atoms with van der Waals surface area (Å²) in [6.45, 7) is 1.93. The van der Waals surface area contributed by atoms with Crippen LogP contribution in [0, 0.1) is 5.92 Å². The molecule has 0 spiro atoms. The molecule has 22 heavy (non-hydrogen) atoms. The van der Waals surface area contributed by atoms with Gasteiger partial charge in [-0.05, 0) is 62.4 Å². The number of nitrogens with zero attached hydrogens (tertiary/aromatic N) is 3. The molecular formula is C17H21N3O2. The van der Waals surface area contributed by atoms with E-state index in [1.165, 1.54) is 5.56 Å². The largest absolute Gasteiger partial charge is 0.480 e. The van der Waals surface area contributed by atoms with E-state index in [1.54, 1.807) is 6.20 Å². The van der Waals surface area contributed by atoms with Crippen molar-refractivity contribution >= 4 is 16.9 Å². The molecule has 1 saturated heterocycles. The molecule has 1 aliphatic rings. The van der Waals surface area contributed by atoms with Crippen LogP contribution in [0.4, 0.5) is 0 Å². The van der Waals surface area contributed by atoms with Crippen LogP contribution < -0.4 is 0 Å². The Morgan fingerprint density at radius 3 is 3.05 bits per heavy atom. The van der Waals surface area contributed by atoms with Crippen molar-refractivity contribution < 1.29 is 9.90 Å². The van der Waals surface area contributed by atoms with E-state index < -0.39 is 5.97 Å². The van der Waals surface area contributed by atoms with Gasteiger partial charge in [0.2, 0.25) is 0 Å². The number of carboxylic acids is 1. The summed E-state index contributed by atoms with van der Waals surface area (Å²) in [5.74, 6) is -0.130. The molecule has 0 radical (unpaired) electrons. The highest BCUT2D eigenvalue weighted by Gasteiger charge is 2.19. The Balaban J connectivity index is 1.69. The van der Waals surface area contributed by atoms with Crippen LogP contribution in [0.5, 0.6) is 0 Å². The molecule has 2 aromatic rings. The molecule has 0 aliphatic carbocycles. The van der Waals surface area contributed by atoms with Gasteiger partial charge in [0.1, 0.15) is 0 Å². The lowest BCUT2D eigenvalue weighted by molar-refractivity contribution is -0.138. The van der Waals surface area contributed by atoms with Gasteiger partial charge in [-0.25, -0.2) is 0 Å². The minimum Gasteiger partial charge on any atom is -0.480 e. The van der Waals surface area contributed by atoms with Crippen molar-refractivity contribution in [1.82, 2.24) is 14.9 Å². The van der Waals surface area contributed by atoms with Crippen molar-refractivity contribution in [3.05, 3.63) is 36.3 Å². The zero-order chi connectivity index (χ0) is 15.4. The maximum absolute atomic E-state index is 10.8. The zero-order valence-corrected chi connectivity index (χ0v) is 12.6. The molecule has 116 valence electrons. The Hall–Kier alpha value is -2.01. The van der Waals surface area contributed by atoms with Crippen molar-refractivity contribution in [2.24, 2.45) is 5.92 Å². The van der Waals surface area contributed by atoms with E-state index >= 15 is 0 Å². The molecule has 1 atom stereocenters. The van der Waals surface area contributed by atoms with Crippen molar-refractivity contribution in [3.63, 3.8) is 0 Å². The van der Waals surface area contributed by atoms with Gasteiger partial charge in [-0.3, -0.25) is 19.7 Å². The van der Waals surface area contributed by atoms with E-state index in [-0.39, 0.29) is 6.54 Å². The monoisotopic (exact) mass is 299 g/mol. The average molecular weight is 299 g/mol. The molecule has 0 amide bonds. The van der Waals surface area contributed by atoms with Crippen LogP contribution in [-0.2, 0) is 11.2 Å². The van der Waals surface area contributed by atoms with Crippen molar-refractivity contribution in [2.75, 3.05) is 19.6 Å². The molecule has 0 unspecified atom stereocenters. The highest BCUT2D eigenvalue weighted by atomic mass is 16.4. The summed E-state index contributed by atoms with van der Waals surface area (Å²) in [5, 5.41) is 10.1. The van der Waals surface area contributed by atoms with Gasteiger partial charge in [-0.1, -0.05) is 0 Å². The molecule has 3 heterocycles. The first kappa shape index (κ1) is 14.9. The average Bonchev–Trinajstić information content (AvgIpc) is 2.73. The standard InChI is InChI=1S/C17H21N3O2/c21-17(22)12-20-8-1-2-13(5-9-20)10-14-3-7-19-16-4-6-18-11-15(14)16/h3-4,6-7,11,13H,1-2,5,8-10,12H2,(H,21,22)/t13-/m1/s1. The number of hydrogen-bond acceptors (Lipinski definition) is 4. The van der Waals surface area contributed by atoms with Crippen LogP contribution in [0.3, 0.4) is 0 Å². The minimum atomic E-state index is -0.732. The zero-order valence-electron chi connectivity index (χ0n) is 12.6. The quantitative estimate of drug-likeness (QED) is 0.938. The van der Waals surface area contributed by atoms with Crippen LogP contribution in [-0.4, -0.2) is 45.6 Å². The number of carboxylic acid groups (broad SMARTS) is 1. The third kappa shape index (κ3) is 3.60. The highest BCUT2D eigenvalue weighted by Crippen LogP contribution is 2.25. The van der Waals surface area contributed by atoms with Gasteiger partial charge in [-0.15, -0.1) is 0 Å². The van der Waals surface area contributed by atoms with Crippen LogP contribution in [0.2, 0.25) is 0 Å². The summed E-state index contributed by atoms with van der Waals surface area (Å²) >= 11 is 0. The second kappa shape index (κ2) is 6.83. The first-order valence-corrected chi connectivity index (χ1v) is 7.84. The number of hydrogen-bond donors (Lipinski definition) is 1. The van der Waals surface area contributed by atoms with E-state index in [4.69, 9.17) is 5.11 Å².